The monoisotopic (exact) mass is 440 g/mol. The number of ether oxygens (including phenoxy) is 2. The topological polar surface area (TPSA) is 90.7 Å². The number of carbonyl (C=O) groups is 2. The molecule has 0 saturated heterocycles. The number of hydrogen-bond acceptors (Lipinski definition) is 5. The van der Waals surface area contributed by atoms with E-state index in [0.29, 0.717) is 28.0 Å². The van der Waals surface area contributed by atoms with Crippen LogP contribution in [-0.4, -0.2) is 18.6 Å². The highest BCUT2D eigenvalue weighted by molar-refractivity contribution is 7.17. The number of nitrogens with two attached hydrogens (primary N) is 1. The first-order valence-electron chi connectivity index (χ1n) is 10.6. The lowest BCUT2D eigenvalue weighted by molar-refractivity contribution is -0.111. The summed E-state index contributed by atoms with van der Waals surface area (Å²) in [5, 5.41) is 3.42. The van der Waals surface area contributed by atoms with Crippen molar-refractivity contribution in [3.63, 3.8) is 0 Å². The minimum Gasteiger partial charge on any atom is -0.454 e. The predicted octanol–water partition coefficient (Wildman–Crippen LogP) is 4.77. The second-order valence-corrected chi connectivity index (χ2v) is 9.89. The van der Waals surface area contributed by atoms with Gasteiger partial charge in [0.05, 0.1) is 5.56 Å². The number of hydrogen-bond donors (Lipinski definition) is 2. The van der Waals surface area contributed by atoms with Crippen molar-refractivity contribution in [3.05, 3.63) is 45.8 Å². The molecule has 31 heavy (non-hydrogen) atoms. The van der Waals surface area contributed by atoms with Gasteiger partial charge in [-0.3, -0.25) is 9.59 Å². The first-order valence-corrected chi connectivity index (χ1v) is 11.4. The summed E-state index contributed by atoms with van der Waals surface area (Å²) < 4.78 is 10.7. The van der Waals surface area contributed by atoms with Gasteiger partial charge in [-0.2, -0.15) is 0 Å². The molecule has 164 valence electrons. The molecule has 6 nitrogen and oxygen atoms in total. The zero-order valence-electron chi connectivity index (χ0n) is 18.1. The van der Waals surface area contributed by atoms with Crippen molar-refractivity contribution in [2.75, 3.05) is 12.1 Å². The summed E-state index contributed by atoms with van der Waals surface area (Å²) in [6, 6.07) is 5.48. The van der Waals surface area contributed by atoms with Crippen LogP contribution in [0.15, 0.2) is 24.3 Å². The van der Waals surface area contributed by atoms with Gasteiger partial charge in [0.1, 0.15) is 5.00 Å². The molecule has 0 bridgehead atoms. The van der Waals surface area contributed by atoms with E-state index in [-0.39, 0.29) is 18.1 Å². The van der Waals surface area contributed by atoms with E-state index in [1.54, 1.807) is 6.08 Å². The molecular weight excluding hydrogens is 412 g/mol. The van der Waals surface area contributed by atoms with Gasteiger partial charge in [0.25, 0.3) is 5.91 Å². The Morgan fingerprint density at radius 1 is 1.29 bits per heavy atom. The van der Waals surface area contributed by atoms with Gasteiger partial charge in [0.15, 0.2) is 11.5 Å². The quantitative estimate of drug-likeness (QED) is 0.633. The molecule has 2 amide bonds. The lowest BCUT2D eigenvalue weighted by Gasteiger charge is -2.36. The summed E-state index contributed by atoms with van der Waals surface area (Å²) in [7, 11) is 0. The van der Waals surface area contributed by atoms with Gasteiger partial charge in [-0.05, 0) is 59.9 Å². The maximum atomic E-state index is 12.6. The Bertz CT molecular complexity index is 1050. The molecule has 2 aliphatic rings. The highest BCUT2D eigenvalue weighted by atomic mass is 32.1. The average molecular weight is 441 g/mol. The van der Waals surface area contributed by atoms with Gasteiger partial charge in [0.2, 0.25) is 12.7 Å². The molecule has 1 unspecified atom stereocenters. The summed E-state index contributed by atoms with van der Waals surface area (Å²) in [6.45, 7) is 7.03. The number of fused-ring (bicyclic) bond motifs is 2. The van der Waals surface area contributed by atoms with E-state index in [4.69, 9.17) is 15.2 Å². The zero-order chi connectivity index (χ0) is 22.2. The van der Waals surface area contributed by atoms with Crippen LogP contribution in [0.5, 0.6) is 11.5 Å². The van der Waals surface area contributed by atoms with Crippen LogP contribution in [0, 0.1) is 11.3 Å². The first-order chi connectivity index (χ1) is 14.8. The fraction of sp³-hybridized carbons (Fsp3) is 0.417. The van der Waals surface area contributed by atoms with Crippen LogP contribution in [0.1, 0.15) is 60.0 Å². The Hall–Kier alpha value is -2.80. The van der Waals surface area contributed by atoms with E-state index in [2.05, 4.69) is 26.1 Å². The SMILES string of the molecule is CCC(C)(C)C1CCc2c(sc(NC(=O)C=Cc3ccc4c(c3)OCO4)c2C(N)=O)C1. The molecule has 2 heterocycles. The van der Waals surface area contributed by atoms with Gasteiger partial charge >= 0.3 is 0 Å². The van der Waals surface area contributed by atoms with E-state index >= 15 is 0 Å². The molecule has 3 N–H and O–H groups in total. The fourth-order valence-corrected chi connectivity index (χ4v) is 5.57. The van der Waals surface area contributed by atoms with Gasteiger partial charge < -0.3 is 20.5 Å². The molecule has 1 atom stereocenters. The van der Waals surface area contributed by atoms with Crippen molar-refractivity contribution < 1.29 is 19.1 Å². The van der Waals surface area contributed by atoms with Crippen LogP contribution in [0.2, 0.25) is 0 Å². The number of benzene rings is 1. The number of nitrogens with one attached hydrogen (secondary N) is 1. The van der Waals surface area contributed by atoms with Gasteiger partial charge in [-0.1, -0.05) is 33.3 Å². The highest BCUT2D eigenvalue weighted by Gasteiger charge is 2.34. The Balaban J connectivity index is 1.52. The molecule has 0 spiro atoms. The van der Waals surface area contributed by atoms with Crippen LogP contribution in [0.25, 0.3) is 6.08 Å². The average Bonchev–Trinajstić information content (AvgIpc) is 3.35. The van der Waals surface area contributed by atoms with Crippen molar-refractivity contribution in [2.45, 2.75) is 46.5 Å². The molecule has 0 fully saturated rings. The van der Waals surface area contributed by atoms with Crippen molar-refractivity contribution in [3.8, 4) is 11.5 Å². The van der Waals surface area contributed by atoms with Crippen molar-refractivity contribution >= 4 is 34.2 Å². The normalized spacial score (nSPS) is 17.6. The molecule has 1 aliphatic carbocycles. The summed E-state index contributed by atoms with van der Waals surface area (Å²) in [5.74, 6) is 1.12. The standard InChI is InChI=1S/C24H28N2O4S/c1-4-24(2,3)15-7-8-16-19(12-15)31-23(21(16)22(25)28)26-20(27)10-6-14-5-9-17-18(11-14)30-13-29-17/h5-6,9-11,15H,4,7-8,12-13H2,1-3H3,(H2,25,28)(H,26,27). The van der Waals surface area contributed by atoms with Crippen LogP contribution >= 0.6 is 11.3 Å². The van der Waals surface area contributed by atoms with Crippen molar-refractivity contribution in [1.82, 2.24) is 0 Å². The van der Waals surface area contributed by atoms with E-state index in [0.717, 1.165) is 36.8 Å². The first kappa shape index (κ1) is 21.4. The van der Waals surface area contributed by atoms with Crippen LogP contribution < -0.4 is 20.5 Å². The molecule has 4 rings (SSSR count). The van der Waals surface area contributed by atoms with Crippen LogP contribution in [0.3, 0.4) is 0 Å². The lowest BCUT2D eigenvalue weighted by atomic mass is 9.69. The number of amides is 2. The van der Waals surface area contributed by atoms with E-state index < -0.39 is 5.91 Å². The number of carbonyl (C=O) groups excluding carboxylic acids is 2. The second kappa shape index (κ2) is 8.38. The van der Waals surface area contributed by atoms with E-state index in [1.807, 2.05) is 18.2 Å². The minimum atomic E-state index is -0.485. The van der Waals surface area contributed by atoms with Gasteiger partial charge in [-0.15, -0.1) is 11.3 Å². The number of rotatable bonds is 6. The summed E-state index contributed by atoms with van der Waals surface area (Å²) >= 11 is 1.48. The maximum Gasteiger partial charge on any atom is 0.251 e. The molecule has 1 aliphatic heterocycles. The number of anilines is 1. The number of thiophene rings is 1. The molecule has 0 saturated carbocycles. The Morgan fingerprint density at radius 3 is 2.81 bits per heavy atom. The molecule has 1 aromatic heterocycles. The van der Waals surface area contributed by atoms with Crippen molar-refractivity contribution in [1.29, 1.82) is 0 Å². The van der Waals surface area contributed by atoms with Gasteiger partial charge in [0, 0.05) is 11.0 Å². The minimum absolute atomic E-state index is 0.207. The maximum absolute atomic E-state index is 12.6. The Labute approximate surface area is 186 Å². The Morgan fingerprint density at radius 2 is 2.06 bits per heavy atom. The van der Waals surface area contributed by atoms with E-state index in [1.165, 1.54) is 22.3 Å². The highest BCUT2D eigenvalue weighted by Crippen LogP contribution is 2.45. The molecule has 2 aromatic rings. The third-order valence-electron chi connectivity index (χ3n) is 6.59. The second-order valence-electron chi connectivity index (χ2n) is 8.79. The lowest BCUT2D eigenvalue weighted by Crippen LogP contribution is -2.29. The molecule has 7 heteroatoms. The van der Waals surface area contributed by atoms with Crippen LogP contribution in [0.4, 0.5) is 5.00 Å². The van der Waals surface area contributed by atoms with Gasteiger partial charge in [-0.25, -0.2) is 0 Å². The largest absolute Gasteiger partial charge is 0.454 e. The predicted molar refractivity (Wildman–Crippen MR) is 123 cm³/mol. The molecule has 0 radical (unpaired) electrons. The van der Waals surface area contributed by atoms with Crippen molar-refractivity contribution in [2.24, 2.45) is 17.1 Å². The van der Waals surface area contributed by atoms with Crippen LogP contribution in [-0.2, 0) is 17.6 Å². The smallest absolute Gasteiger partial charge is 0.251 e. The third-order valence-corrected chi connectivity index (χ3v) is 7.76. The number of primary amides is 1. The third kappa shape index (κ3) is 4.32. The fourth-order valence-electron chi connectivity index (χ4n) is 4.23. The zero-order valence-corrected chi connectivity index (χ0v) is 18.9. The summed E-state index contributed by atoms with van der Waals surface area (Å²) in [5.41, 5.74) is 8.24. The van der Waals surface area contributed by atoms with E-state index in [9.17, 15) is 9.59 Å². The molecule has 1 aromatic carbocycles. The molecular formula is C24H28N2O4S. The summed E-state index contributed by atoms with van der Waals surface area (Å²) in [4.78, 5) is 25.9. The summed E-state index contributed by atoms with van der Waals surface area (Å²) in [6.07, 6.45) is 7.03. The Kier molecular flexibility index (Phi) is 5.79.